The highest BCUT2D eigenvalue weighted by Crippen LogP contribution is 2.07. The molecule has 6 heteroatoms. The van der Waals surface area contributed by atoms with Crippen LogP contribution in [-0.4, -0.2) is 40.6 Å². The summed E-state index contributed by atoms with van der Waals surface area (Å²) in [5, 5.41) is 3.60. The molecule has 1 aromatic rings. The minimum absolute atomic E-state index is 0.471. The molecule has 3 N–H and O–H groups in total. The molecule has 0 aromatic carbocycles. The van der Waals surface area contributed by atoms with Gasteiger partial charge in [-0.15, -0.1) is 0 Å². The van der Waals surface area contributed by atoms with E-state index in [0.29, 0.717) is 11.1 Å². The van der Waals surface area contributed by atoms with Crippen molar-refractivity contribution in [2.75, 3.05) is 19.6 Å². The van der Waals surface area contributed by atoms with Gasteiger partial charge in [-0.3, -0.25) is 4.98 Å². The molecule has 2 rings (SSSR count). The zero-order valence-electron chi connectivity index (χ0n) is 12.3. The first-order valence-corrected chi connectivity index (χ1v) is 7.93. The molecule has 5 nitrogen and oxygen atoms in total. The van der Waals surface area contributed by atoms with E-state index in [9.17, 15) is 0 Å². The third kappa shape index (κ3) is 5.67. The van der Waals surface area contributed by atoms with Gasteiger partial charge >= 0.3 is 0 Å². The number of aliphatic imine (C=N–C) groups is 1. The number of guanidine groups is 1. The Morgan fingerprint density at radius 3 is 2.86 bits per heavy atom. The van der Waals surface area contributed by atoms with Crippen molar-refractivity contribution >= 4 is 23.3 Å². The fraction of sp³-hybridized carbons (Fsp3) is 0.533. The van der Waals surface area contributed by atoms with Crippen molar-refractivity contribution in [3.8, 4) is 0 Å². The van der Waals surface area contributed by atoms with E-state index in [-0.39, 0.29) is 0 Å². The predicted molar refractivity (Wildman–Crippen MR) is 90.2 cm³/mol. The molecular weight excluding hydrogens is 282 g/mol. The van der Waals surface area contributed by atoms with E-state index in [2.05, 4.69) is 20.2 Å². The zero-order valence-corrected chi connectivity index (χ0v) is 13.1. The third-order valence-corrected chi connectivity index (χ3v) is 3.74. The van der Waals surface area contributed by atoms with Crippen LogP contribution in [0.2, 0.25) is 0 Å². The van der Waals surface area contributed by atoms with E-state index in [4.69, 9.17) is 18.0 Å². The first-order chi connectivity index (χ1) is 10.3. The van der Waals surface area contributed by atoms with Gasteiger partial charge in [0.05, 0.1) is 0 Å². The van der Waals surface area contributed by atoms with Gasteiger partial charge in [-0.2, -0.15) is 4.99 Å². The first kappa shape index (κ1) is 15.7. The Kier molecular flexibility index (Phi) is 6.40. The lowest BCUT2D eigenvalue weighted by atomic mass is 10.1. The molecule has 2 heterocycles. The molecule has 1 aliphatic rings. The maximum atomic E-state index is 5.98. The second-order valence-electron chi connectivity index (χ2n) is 5.17. The summed E-state index contributed by atoms with van der Waals surface area (Å²) in [5.74, 6) is 0.539. The molecule has 0 aliphatic carbocycles. The smallest absolute Gasteiger partial charge is 0.198 e. The molecule has 21 heavy (non-hydrogen) atoms. The highest BCUT2D eigenvalue weighted by atomic mass is 32.1. The summed E-state index contributed by atoms with van der Waals surface area (Å²) in [5.41, 5.74) is 7.08. The van der Waals surface area contributed by atoms with Crippen LogP contribution in [0.1, 0.15) is 31.4 Å². The lowest BCUT2D eigenvalue weighted by Gasteiger charge is -2.27. The monoisotopic (exact) mass is 305 g/mol. The average Bonchev–Trinajstić information content (AvgIpc) is 2.53. The normalized spacial score (nSPS) is 15.8. The number of nitrogens with zero attached hydrogens (tertiary/aromatic N) is 3. The molecule has 1 saturated heterocycles. The summed E-state index contributed by atoms with van der Waals surface area (Å²) in [6.45, 7) is 2.75. The van der Waals surface area contributed by atoms with Crippen LogP contribution in [0, 0.1) is 0 Å². The van der Waals surface area contributed by atoms with Crippen molar-refractivity contribution < 1.29 is 0 Å². The molecule has 0 unspecified atom stereocenters. The van der Waals surface area contributed by atoms with Gasteiger partial charge in [0.25, 0.3) is 0 Å². The number of rotatable bonds is 4. The Bertz CT molecular complexity index is 468. The molecule has 1 aliphatic heterocycles. The third-order valence-electron chi connectivity index (χ3n) is 3.51. The van der Waals surface area contributed by atoms with Gasteiger partial charge in [0.1, 0.15) is 0 Å². The summed E-state index contributed by atoms with van der Waals surface area (Å²) in [4.78, 5) is 10.7. The van der Waals surface area contributed by atoms with Gasteiger partial charge in [0, 0.05) is 31.5 Å². The topological polar surface area (TPSA) is 66.5 Å². The van der Waals surface area contributed by atoms with E-state index < -0.39 is 0 Å². The first-order valence-electron chi connectivity index (χ1n) is 7.52. The van der Waals surface area contributed by atoms with Crippen molar-refractivity contribution in [1.29, 1.82) is 0 Å². The number of aryl methyl sites for hydroxylation is 1. The Labute approximate surface area is 131 Å². The van der Waals surface area contributed by atoms with Gasteiger partial charge in [-0.1, -0.05) is 6.07 Å². The predicted octanol–water partition coefficient (Wildman–Crippen LogP) is 1.69. The number of aromatic nitrogens is 1. The van der Waals surface area contributed by atoms with Gasteiger partial charge in [-0.05, 0) is 56.5 Å². The van der Waals surface area contributed by atoms with Crippen LogP contribution in [0.4, 0.5) is 0 Å². The van der Waals surface area contributed by atoms with Gasteiger partial charge < -0.3 is 16.0 Å². The van der Waals surface area contributed by atoms with Crippen LogP contribution >= 0.6 is 12.2 Å². The quantitative estimate of drug-likeness (QED) is 0.383. The lowest BCUT2D eigenvalue weighted by molar-refractivity contribution is 0.339. The number of hydrogen-bond acceptors (Lipinski definition) is 2. The van der Waals surface area contributed by atoms with Crippen molar-refractivity contribution in [1.82, 2.24) is 15.2 Å². The average molecular weight is 305 g/mol. The number of likely N-dealkylation sites (tertiary alicyclic amines) is 1. The van der Waals surface area contributed by atoms with Crippen LogP contribution < -0.4 is 11.1 Å². The summed E-state index contributed by atoms with van der Waals surface area (Å²) in [6, 6.07) is 5.96. The maximum absolute atomic E-state index is 5.98. The van der Waals surface area contributed by atoms with E-state index in [1.165, 1.54) is 19.3 Å². The van der Waals surface area contributed by atoms with E-state index in [1.807, 2.05) is 24.4 Å². The van der Waals surface area contributed by atoms with E-state index in [1.54, 1.807) is 0 Å². The Morgan fingerprint density at radius 1 is 1.33 bits per heavy atom. The molecule has 0 atom stereocenters. The minimum Gasteiger partial charge on any atom is -0.369 e. The number of thiocarbonyl (C=S) groups is 1. The number of nitrogens with two attached hydrogens (primary N) is 1. The largest absolute Gasteiger partial charge is 0.369 e. The van der Waals surface area contributed by atoms with Crippen molar-refractivity contribution in [2.24, 2.45) is 10.7 Å². The summed E-state index contributed by atoms with van der Waals surface area (Å²) < 4.78 is 0. The molecular formula is C15H23N5S. The van der Waals surface area contributed by atoms with Gasteiger partial charge in [0.15, 0.2) is 11.1 Å². The second kappa shape index (κ2) is 8.56. The van der Waals surface area contributed by atoms with E-state index >= 15 is 0 Å². The molecule has 1 aromatic heterocycles. The molecule has 0 saturated carbocycles. The number of nitrogens with one attached hydrogen (secondary N) is 1. The van der Waals surface area contributed by atoms with Gasteiger partial charge in [0.2, 0.25) is 0 Å². The standard InChI is InChI=1S/C15H23N5S/c16-14(20-11-4-1-5-12-20)19-15(21)18-10-6-8-13-7-2-3-9-17-13/h2-3,7,9H,1,4-6,8,10-12H2,(H3,16,18,19,21). The minimum atomic E-state index is 0.471. The van der Waals surface area contributed by atoms with E-state index in [0.717, 1.165) is 38.2 Å². The number of piperidine rings is 1. The van der Waals surface area contributed by atoms with Crippen molar-refractivity contribution in [2.45, 2.75) is 32.1 Å². The fourth-order valence-corrected chi connectivity index (χ4v) is 2.54. The highest BCUT2D eigenvalue weighted by molar-refractivity contribution is 7.80. The summed E-state index contributed by atoms with van der Waals surface area (Å²) in [7, 11) is 0. The van der Waals surface area contributed by atoms with Crippen LogP contribution in [0.5, 0.6) is 0 Å². The molecule has 114 valence electrons. The Balaban J connectivity index is 1.67. The molecule has 1 fully saturated rings. The summed E-state index contributed by atoms with van der Waals surface area (Å²) >= 11 is 5.21. The van der Waals surface area contributed by atoms with Crippen molar-refractivity contribution in [3.63, 3.8) is 0 Å². The van der Waals surface area contributed by atoms with Gasteiger partial charge in [-0.25, -0.2) is 0 Å². The maximum Gasteiger partial charge on any atom is 0.198 e. The lowest BCUT2D eigenvalue weighted by Crippen LogP contribution is -2.42. The molecule has 0 radical (unpaired) electrons. The molecule has 0 amide bonds. The summed E-state index contributed by atoms with van der Waals surface area (Å²) in [6.07, 6.45) is 7.36. The van der Waals surface area contributed by atoms with Crippen LogP contribution in [0.15, 0.2) is 29.4 Å². The van der Waals surface area contributed by atoms with Crippen LogP contribution in [0.25, 0.3) is 0 Å². The highest BCUT2D eigenvalue weighted by Gasteiger charge is 2.12. The number of pyridine rings is 1. The molecule has 0 bridgehead atoms. The second-order valence-corrected chi connectivity index (χ2v) is 5.56. The SMILES string of the molecule is NC(=NC(=S)NCCCc1ccccn1)N1CCCCC1. The Morgan fingerprint density at radius 2 is 2.14 bits per heavy atom. The molecule has 0 spiro atoms. The Hall–Kier alpha value is -1.69. The fourth-order valence-electron chi connectivity index (χ4n) is 2.35. The van der Waals surface area contributed by atoms with Crippen LogP contribution in [0.3, 0.4) is 0 Å². The number of hydrogen-bond donors (Lipinski definition) is 2. The zero-order chi connectivity index (χ0) is 14.9. The van der Waals surface area contributed by atoms with Crippen molar-refractivity contribution in [3.05, 3.63) is 30.1 Å². The van der Waals surface area contributed by atoms with Crippen LogP contribution in [-0.2, 0) is 6.42 Å².